The van der Waals surface area contributed by atoms with Crippen LogP contribution in [0.2, 0.25) is 0 Å². The Morgan fingerprint density at radius 1 is 0.426 bits per heavy atom. The smallest absolute Gasteiger partial charge is 0.135 e. The van der Waals surface area contributed by atoms with E-state index in [9.17, 15) is 9.60 Å². The molecule has 0 aromatic heterocycles. The van der Waals surface area contributed by atoms with E-state index in [0.717, 1.165) is 6.07 Å². The van der Waals surface area contributed by atoms with Crippen molar-refractivity contribution < 1.29 is 39.0 Å². The van der Waals surface area contributed by atoms with Gasteiger partial charge in [0.2, 0.25) is 0 Å². The van der Waals surface area contributed by atoms with Gasteiger partial charge in [-0.2, -0.15) is 0 Å². The van der Waals surface area contributed by atoms with Crippen LogP contribution in [0.15, 0.2) is 157 Å². The number of hydrogen-bond donors (Lipinski definition) is 0. The second-order valence-corrected chi connectivity index (χ2v) is 10.9. The van der Waals surface area contributed by atoms with Crippen LogP contribution in [-0.4, -0.2) is 0 Å². The minimum atomic E-state index is -0.851. The fraction of sp³-hybridized carbons (Fsp3) is 0.0435. The van der Waals surface area contributed by atoms with Crippen LogP contribution in [0.1, 0.15) is 56.5 Å². The number of rotatable bonds is 5. The molecule has 1 aliphatic heterocycles. The Bertz CT molecular complexity index is 4010. The maximum absolute atomic E-state index is 9.72. The minimum Gasteiger partial charge on any atom is -0.456 e. The zero-order valence-corrected chi connectivity index (χ0v) is 23.9. The van der Waals surface area contributed by atoms with Crippen LogP contribution in [-0.2, 0) is 12.8 Å². The molecule has 1 nitrogen and oxygen atoms in total. The standard InChI is InChI=1S/C46H30O/c1-2-7-32(8-3-1)38-26-30(23-29-15-22-42-41(28-29)40-13-5-11-33-12-6-14-43(47-42)45(33)40)24-31(27-38)25-37-19-18-36-17-16-34-9-4-10-35-20-21-39(37)46(36)44(34)35/h1-22,24,26-28H,23,25H2/i1D,2D,3D,4D,5D,6D,7D,8D,9D,10D,11D,12D,13D,14D,16D,17D,18D,19D,20D,21D,22D,24D,26D,27D,28D. The fourth-order valence-electron chi connectivity index (χ4n) is 6.00. The van der Waals surface area contributed by atoms with E-state index in [1.54, 1.807) is 0 Å². The largest absolute Gasteiger partial charge is 0.456 e. The van der Waals surface area contributed by atoms with Crippen molar-refractivity contribution in [1.29, 1.82) is 0 Å². The molecule has 9 aromatic carbocycles. The lowest BCUT2D eigenvalue weighted by Crippen LogP contribution is -1.99. The zero-order valence-electron chi connectivity index (χ0n) is 48.9. The molecule has 10 rings (SSSR count). The summed E-state index contributed by atoms with van der Waals surface area (Å²) in [5.41, 5.74) is -3.13. The van der Waals surface area contributed by atoms with E-state index in [1.807, 2.05) is 0 Å². The van der Waals surface area contributed by atoms with Crippen molar-refractivity contribution in [1.82, 2.24) is 0 Å². The highest BCUT2D eigenvalue weighted by molar-refractivity contribution is 6.23. The molecule has 0 unspecified atom stereocenters. The van der Waals surface area contributed by atoms with Crippen LogP contribution in [0.25, 0.3) is 65.3 Å². The predicted octanol–water partition coefficient (Wildman–Crippen LogP) is 12.4. The summed E-state index contributed by atoms with van der Waals surface area (Å²) < 4.78 is 229. The van der Waals surface area contributed by atoms with Crippen LogP contribution < -0.4 is 4.74 Å². The topological polar surface area (TPSA) is 9.23 Å². The lowest BCUT2D eigenvalue weighted by atomic mass is 9.88. The number of ether oxygens (including phenoxy) is 1. The van der Waals surface area contributed by atoms with E-state index in [4.69, 9.17) is 29.4 Å². The van der Waals surface area contributed by atoms with Crippen LogP contribution in [0.3, 0.4) is 0 Å². The first-order valence-electron chi connectivity index (χ1n) is 26.9. The number of fused-ring (bicyclic) bond motifs is 2. The maximum Gasteiger partial charge on any atom is 0.135 e. The third-order valence-corrected chi connectivity index (χ3v) is 8.02. The summed E-state index contributed by atoms with van der Waals surface area (Å²) >= 11 is 0. The summed E-state index contributed by atoms with van der Waals surface area (Å²) in [5, 5.41) is -2.17. The quantitative estimate of drug-likeness (QED) is 0.173. The van der Waals surface area contributed by atoms with Gasteiger partial charge in [-0.15, -0.1) is 0 Å². The van der Waals surface area contributed by atoms with Gasteiger partial charge in [-0.1, -0.05) is 139 Å². The molecule has 0 fully saturated rings. The van der Waals surface area contributed by atoms with E-state index >= 15 is 0 Å². The molecular weight excluding hydrogens is 569 g/mol. The fourth-order valence-corrected chi connectivity index (χ4v) is 6.00. The van der Waals surface area contributed by atoms with E-state index in [0.29, 0.717) is 0 Å². The minimum absolute atomic E-state index is 0.170. The summed E-state index contributed by atoms with van der Waals surface area (Å²) in [6, 6.07) is -16.1. The average Bonchev–Trinajstić information content (AvgIpc) is 3.34. The first kappa shape index (κ1) is 11.7. The second-order valence-electron chi connectivity index (χ2n) is 10.9. The van der Waals surface area contributed by atoms with Gasteiger partial charge >= 0.3 is 0 Å². The summed E-state index contributed by atoms with van der Waals surface area (Å²) in [6.45, 7) is 0. The van der Waals surface area contributed by atoms with Gasteiger partial charge in [0, 0.05) is 10.9 Å². The van der Waals surface area contributed by atoms with Gasteiger partial charge in [0.15, 0.2) is 0 Å². The van der Waals surface area contributed by atoms with Gasteiger partial charge in [-0.25, -0.2) is 0 Å². The van der Waals surface area contributed by atoms with Crippen molar-refractivity contribution in [3.63, 3.8) is 0 Å². The molecule has 0 saturated heterocycles. The third-order valence-electron chi connectivity index (χ3n) is 8.02. The molecule has 0 aliphatic carbocycles. The Kier molecular flexibility index (Phi) is 2.57. The summed E-state index contributed by atoms with van der Waals surface area (Å²) in [5.74, 6) is -0.777. The van der Waals surface area contributed by atoms with Gasteiger partial charge in [0.25, 0.3) is 0 Å². The Morgan fingerprint density at radius 2 is 1.11 bits per heavy atom. The summed E-state index contributed by atoms with van der Waals surface area (Å²) in [7, 11) is 0. The zero-order chi connectivity index (χ0) is 52.7. The van der Waals surface area contributed by atoms with Crippen LogP contribution in [0.5, 0.6) is 11.5 Å². The first-order chi connectivity index (χ1) is 33.7. The molecule has 0 saturated carbocycles. The van der Waals surface area contributed by atoms with E-state index in [1.165, 1.54) is 0 Å². The van der Waals surface area contributed by atoms with Crippen molar-refractivity contribution in [3.05, 3.63) is 179 Å². The van der Waals surface area contributed by atoms with Crippen molar-refractivity contribution in [2.45, 2.75) is 12.8 Å². The molecule has 1 heteroatoms. The van der Waals surface area contributed by atoms with E-state index in [2.05, 4.69) is 0 Å². The molecular formula is C46H30O. The van der Waals surface area contributed by atoms with E-state index in [-0.39, 0.29) is 76.7 Å². The highest BCUT2D eigenvalue weighted by Crippen LogP contribution is 2.46. The average molecular weight is 624 g/mol. The van der Waals surface area contributed by atoms with E-state index < -0.39 is 186 Å². The van der Waals surface area contributed by atoms with Gasteiger partial charge in [-0.05, 0) is 108 Å². The second kappa shape index (κ2) is 10.3. The number of hydrogen-bond acceptors (Lipinski definition) is 1. The van der Waals surface area contributed by atoms with Crippen LogP contribution in [0, 0.1) is 0 Å². The van der Waals surface area contributed by atoms with Crippen LogP contribution >= 0.6 is 0 Å². The summed E-state index contributed by atoms with van der Waals surface area (Å²) in [4.78, 5) is 0. The van der Waals surface area contributed by atoms with Crippen molar-refractivity contribution in [2.24, 2.45) is 0 Å². The monoisotopic (exact) mass is 623 g/mol. The molecule has 47 heavy (non-hydrogen) atoms. The Morgan fingerprint density at radius 3 is 1.94 bits per heavy atom. The Balaban J connectivity index is 1.30. The van der Waals surface area contributed by atoms with Gasteiger partial charge < -0.3 is 4.74 Å². The maximum atomic E-state index is 9.72. The highest BCUT2D eigenvalue weighted by Gasteiger charge is 2.20. The highest BCUT2D eigenvalue weighted by atomic mass is 16.5. The third kappa shape index (κ3) is 4.31. The molecule has 0 bridgehead atoms. The molecule has 0 amide bonds. The molecule has 1 heterocycles. The van der Waals surface area contributed by atoms with Gasteiger partial charge in [-0.3, -0.25) is 0 Å². The van der Waals surface area contributed by atoms with Crippen LogP contribution in [0.4, 0.5) is 0 Å². The lowest BCUT2D eigenvalue weighted by Gasteiger charge is -2.22. The molecule has 0 N–H and O–H groups in total. The Labute approximate surface area is 308 Å². The molecule has 220 valence electrons. The molecule has 0 radical (unpaired) electrons. The molecule has 0 atom stereocenters. The summed E-state index contributed by atoms with van der Waals surface area (Å²) in [6.07, 6.45) is -1.46. The lowest BCUT2D eigenvalue weighted by molar-refractivity contribution is 0.487. The van der Waals surface area contributed by atoms with Crippen molar-refractivity contribution in [2.75, 3.05) is 0 Å². The normalized spacial score (nSPS) is 19.6. The predicted molar refractivity (Wildman–Crippen MR) is 197 cm³/mol. The number of benzene rings is 9. The first-order valence-corrected chi connectivity index (χ1v) is 14.4. The molecule has 9 aromatic rings. The van der Waals surface area contributed by atoms with Gasteiger partial charge in [0.1, 0.15) is 11.5 Å². The van der Waals surface area contributed by atoms with Crippen molar-refractivity contribution in [3.8, 4) is 33.8 Å². The Hall–Kier alpha value is -5.92. The SMILES string of the molecule is [2H]c1cc(Cc2c([2H])c(Cc3c([2H])c([2H])c4c([2H])c([2H])c5c([2H])c([2H])c([2H])c6c([2H])c([2H])c3c4c56)c([2H])c(-c3c([2H])c([2H])c([2H])c([2H])c3[2H])c2[2H])c([2H])c2c1Oc1c([2H])c([2H])c([2H])c3c([2H])c([2H])c([2H])c-2c13. The van der Waals surface area contributed by atoms with Crippen molar-refractivity contribution >= 4 is 43.1 Å². The molecule has 1 aliphatic rings. The van der Waals surface area contributed by atoms with Gasteiger partial charge in [0.05, 0.1) is 34.3 Å². The molecule has 0 spiro atoms.